The molecule has 1 aromatic heterocycles. The van der Waals surface area contributed by atoms with Gasteiger partial charge in [-0.25, -0.2) is 4.98 Å². The molecule has 3 nitrogen and oxygen atoms in total. The van der Waals surface area contributed by atoms with Gasteiger partial charge in [-0.3, -0.25) is 0 Å². The number of rotatable bonds is 8. The first kappa shape index (κ1) is 15.4. The van der Waals surface area contributed by atoms with E-state index in [-0.39, 0.29) is 0 Å². The van der Waals surface area contributed by atoms with Crippen molar-refractivity contribution in [2.75, 3.05) is 25.0 Å². The van der Waals surface area contributed by atoms with Gasteiger partial charge in [0, 0.05) is 25.5 Å². The Morgan fingerprint density at radius 2 is 2.11 bits per heavy atom. The summed E-state index contributed by atoms with van der Waals surface area (Å²) < 4.78 is 0. The maximum atomic E-state index is 4.68. The van der Waals surface area contributed by atoms with Gasteiger partial charge in [0.05, 0.1) is 5.69 Å². The minimum Gasteiger partial charge on any atom is -0.351 e. The van der Waals surface area contributed by atoms with E-state index in [4.69, 9.17) is 0 Å². The largest absolute Gasteiger partial charge is 0.351 e. The molecule has 1 N–H and O–H groups in total. The zero-order valence-electron chi connectivity index (χ0n) is 12.4. The number of nitrogens with zero attached hydrogens (tertiary/aromatic N) is 2. The van der Waals surface area contributed by atoms with Crippen LogP contribution in [0.2, 0.25) is 0 Å². The third-order valence-electron chi connectivity index (χ3n) is 3.01. The molecule has 0 aliphatic rings. The fourth-order valence-electron chi connectivity index (χ4n) is 1.72. The molecular weight excluding hydrogens is 242 g/mol. The topological polar surface area (TPSA) is 28.2 Å². The van der Waals surface area contributed by atoms with Crippen molar-refractivity contribution >= 4 is 16.5 Å². The second-order valence-corrected chi connectivity index (χ2v) is 6.38. The van der Waals surface area contributed by atoms with E-state index in [9.17, 15) is 0 Å². The average Bonchev–Trinajstić information content (AvgIpc) is 2.77. The first-order valence-corrected chi connectivity index (χ1v) is 7.77. The van der Waals surface area contributed by atoms with E-state index < -0.39 is 0 Å². The van der Waals surface area contributed by atoms with Gasteiger partial charge in [0.15, 0.2) is 5.13 Å². The van der Waals surface area contributed by atoms with Crippen molar-refractivity contribution in [1.82, 2.24) is 10.3 Å². The molecule has 0 radical (unpaired) electrons. The van der Waals surface area contributed by atoms with Crippen LogP contribution in [0.3, 0.4) is 0 Å². The number of hydrogen-bond acceptors (Lipinski definition) is 4. The van der Waals surface area contributed by atoms with Crippen LogP contribution in [0.4, 0.5) is 5.13 Å². The summed E-state index contributed by atoms with van der Waals surface area (Å²) in [5.41, 5.74) is 1.16. The molecule has 0 saturated carbocycles. The third kappa shape index (κ3) is 5.36. The van der Waals surface area contributed by atoms with Crippen LogP contribution in [-0.2, 0) is 6.54 Å². The monoisotopic (exact) mass is 269 g/mol. The number of nitrogens with one attached hydrogen (secondary N) is 1. The normalized spacial score (nSPS) is 13.0. The van der Waals surface area contributed by atoms with Gasteiger partial charge in [0.1, 0.15) is 0 Å². The molecule has 0 aliphatic heterocycles. The predicted molar refractivity (Wildman–Crippen MR) is 81.4 cm³/mol. The second-order valence-electron chi connectivity index (χ2n) is 5.54. The van der Waals surface area contributed by atoms with Crippen LogP contribution in [0.1, 0.15) is 39.8 Å². The fraction of sp³-hybridized carbons (Fsp3) is 0.786. The highest BCUT2D eigenvalue weighted by Crippen LogP contribution is 2.20. The Balaban J connectivity index is 2.42. The number of thiazole rings is 1. The number of anilines is 1. The van der Waals surface area contributed by atoms with E-state index in [2.05, 4.69) is 55.3 Å². The lowest BCUT2D eigenvalue weighted by atomic mass is 10.1. The zero-order chi connectivity index (χ0) is 13.5. The van der Waals surface area contributed by atoms with Crippen molar-refractivity contribution < 1.29 is 0 Å². The highest BCUT2D eigenvalue weighted by molar-refractivity contribution is 7.13. The van der Waals surface area contributed by atoms with Crippen LogP contribution in [0.25, 0.3) is 0 Å². The summed E-state index contributed by atoms with van der Waals surface area (Å²) in [7, 11) is 2.14. The van der Waals surface area contributed by atoms with Crippen LogP contribution in [0.5, 0.6) is 0 Å². The van der Waals surface area contributed by atoms with Gasteiger partial charge in [0.2, 0.25) is 0 Å². The molecule has 0 aliphatic carbocycles. The van der Waals surface area contributed by atoms with Gasteiger partial charge < -0.3 is 10.2 Å². The molecular formula is C14H27N3S. The van der Waals surface area contributed by atoms with Crippen molar-refractivity contribution in [2.45, 2.75) is 40.7 Å². The molecule has 104 valence electrons. The van der Waals surface area contributed by atoms with Crippen LogP contribution in [0.15, 0.2) is 5.38 Å². The Hall–Kier alpha value is -0.610. The van der Waals surface area contributed by atoms with Crippen molar-refractivity contribution in [3.8, 4) is 0 Å². The van der Waals surface area contributed by atoms with Crippen molar-refractivity contribution in [1.29, 1.82) is 0 Å². The van der Waals surface area contributed by atoms with E-state index in [1.165, 1.54) is 6.42 Å². The number of aromatic nitrogens is 1. The van der Waals surface area contributed by atoms with E-state index in [0.717, 1.165) is 36.4 Å². The van der Waals surface area contributed by atoms with Crippen LogP contribution >= 0.6 is 11.3 Å². The lowest BCUT2D eigenvalue weighted by Gasteiger charge is -2.19. The maximum absolute atomic E-state index is 4.68. The Bertz CT molecular complexity index is 336. The number of hydrogen-bond donors (Lipinski definition) is 1. The Morgan fingerprint density at radius 1 is 1.39 bits per heavy atom. The Labute approximate surface area is 116 Å². The van der Waals surface area contributed by atoms with Gasteiger partial charge in [-0.05, 0) is 18.4 Å². The summed E-state index contributed by atoms with van der Waals surface area (Å²) in [5.74, 6) is 1.41. The molecule has 0 spiro atoms. The first-order chi connectivity index (χ1) is 8.52. The van der Waals surface area contributed by atoms with Crippen LogP contribution in [0, 0.1) is 11.8 Å². The standard InChI is InChI=1S/C14H27N3S/c1-6-12(4)9-17(5)14-16-13(10-18-14)8-15-7-11(2)3/h10-12,15H,6-9H2,1-5H3. The molecule has 0 fully saturated rings. The molecule has 0 bridgehead atoms. The highest BCUT2D eigenvalue weighted by Gasteiger charge is 2.09. The summed E-state index contributed by atoms with van der Waals surface area (Å²) >= 11 is 1.74. The van der Waals surface area contributed by atoms with Gasteiger partial charge in [-0.1, -0.05) is 34.1 Å². The van der Waals surface area contributed by atoms with E-state index >= 15 is 0 Å². The molecule has 1 unspecified atom stereocenters. The van der Waals surface area contributed by atoms with Crippen LogP contribution < -0.4 is 10.2 Å². The summed E-state index contributed by atoms with van der Waals surface area (Å²) in [6.07, 6.45) is 1.22. The zero-order valence-corrected chi connectivity index (χ0v) is 13.2. The lowest BCUT2D eigenvalue weighted by Crippen LogP contribution is -2.23. The van der Waals surface area contributed by atoms with Crippen LogP contribution in [-0.4, -0.2) is 25.1 Å². The summed E-state index contributed by atoms with van der Waals surface area (Å²) in [6, 6.07) is 0. The molecule has 0 saturated heterocycles. The SMILES string of the molecule is CCC(C)CN(C)c1nc(CNCC(C)C)cs1. The molecule has 1 rings (SSSR count). The maximum Gasteiger partial charge on any atom is 0.185 e. The Morgan fingerprint density at radius 3 is 2.72 bits per heavy atom. The third-order valence-corrected chi connectivity index (χ3v) is 4.01. The van der Waals surface area contributed by atoms with E-state index in [0.29, 0.717) is 5.92 Å². The molecule has 18 heavy (non-hydrogen) atoms. The lowest BCUT2D eigenvalue weighted by molar-refractivity contribution is 0.547. The average molecular weight is 269 g/mol. The van der Waals surface area contributed by atoms with Gasteiger partial charge in [-0.15, -0.1) is 11.3 Å². The van der Waals surface area contributed by atoms with Crippen molar-refractivity contribution in [3.63, 3.8) is 0 Å². The highest BCUT2D eigenvalue weighted by atomic mass is 32.1. The predicted octanol–water partition coefficient (Wildman–Crippen LogP) is 3.37. The fourth-order valence-corrected chi connectivity index (χ4v) is 2.52. The molecule has 4 heteroatoms. The molecule has 0 aromatic carbocycles. The minimum absolute atomic E-state index is 0.691. The quantitative estimate of drug-likeness (QED) is 0.784. The van der Waals surface area contributed by atoms with Gasteiger partial charge in [-0.2, -0.15) is 0 Å². The van der Waals surface area contributed by atoms with Crippen molar-refractivity contribution in [2.24, 2.45) is 11.8 Å². The summed E-state index contributed by atoms with van der Waals surface area (Å²) in [6.45, 7) is 12.0. The van der Waals surface area contributed by atoms with Gasteiger partial charge >= 0.3 is 0 Å². The minimum atomic E-state index is 0.691. The Kier molecular flexibility index (Phi) is 6.65. The second kappa shape index (κ2) is 7.74. The van der Waals surface area contributed by atoms with E-state index in [1.807, 2.05) is 0 Å². The molecule has 0 amide bonds. The summed E-state index contributed by atoms with van der Waals surface area (Å²) in [4.78, 5) is 6.94. The molecule has 1 heterocycles. The van der Waals surface area contributed by atoms with Gasteiger partial charge in [0.25, 0.3) is 0 Å². The van der Waals surface area contributed by atoms with Crippen molar-refractivity contribution in [3.05, 3.63) is 11.1 Å². The summed E-state index contributed by atoms with van der Waals surface area (Å²) in [5, 5.41) is 6.73. The smallest absolute Gasteiger partial charge is 0.185 e. The first-order valence-electron chi connectivity index (χ1n) is 6.89. The molecule has 1 aromatic rings. The molecule has 1 atom stereocenters. The van der Waals surface area contributed by atoms with E-state index in [1.54, 1.807) is 11.3 Å².